The van der Waals surface area contributed by atoms with E-state index < -0.39 is 42.1 Å². The first-order valence-electron chi connectivity index (χ1n) is 13.3. The number of carbonyl (C=O) groups is 3. The summed E-state index contributed by atoms with van der Waals surface area (Å²) >= 11 is 0. The molecule has 2 atom stereocenters. The lowest BCUT2D eigenvalue weighted by Crippen LogP contribution is -2.52. The molecule has 210 valence electrons. The number of urea groups is 1. The summed E-state index contributed by atoms with van der Waals surface area (Å²) in [6.07, 6.45) is -0.282. The third-order valence-electron chi connectivity index (χ3n) is 8.18. The van der Waals surface area contributed by atoms with Crippen molar-refractivity contribution in [2.75, 3.05) is 13.6 Å². The fourth-order valence-electron chi connectivity index (χ4n) is 6.14. The average molecular weight is 553 g/mol. The average Bonchev–Trinajstić information content (AvgIpc) is 3.29. The lowest BCUT2D eigenvalue weighted by molar-refractivity contribution is -0.192. The predicted octanol–water partition coefficient (Wildman–Crippen LogP) is 4.70. The molecule has 2 aliphatic heterocycles. The monoisotopic (exact) mass is 552 g/mol. The number of rotatable bonds is 4. The Morgan fingerprint density at radius 2 is 1.90 bits per heavy atom. The van der Waals surface area contributed by atoms with Gasteiger partial charge in [-0.15, -0.1) is 0 Å². The molecule has 1 N–H and O–H groups in total. The summed E-state index contributed by atoms with van der Waals surface area (Å²) in [5, 5.41) is 2.76. The predicted molar refractivity (Wildman–Crippen MR) is 145 cm³/mol. The van der Waals surface area contributed by atoms with Crippen LogP contribution in [0.15, 0.2) is 47.5 Å². The van der Waals surface area contributed by atoms with Gasteiger partial charge in [0.1, 0.15) is 18.1 Å². The Bertz CT molecular complexity index is 1450. The van der Waals surface area contributed by atoms with Crippen LogP contribution in [0.5, 0.6) is 0 Å². The lowest BCUT2D eigenvalue weighted by Gasteiger charge is -2.32. The van der Waals surface area contributed by atoms with Gasteiger partial charge in [0.25, 0.3) is 5.91 Å². The largest absolute Gasteiger partial charge is 0.408 e. The molecule has 5 rings (SSSR count). The van der Waals surface area contributed by atoms with Gasteiger partial charge in [0, 0.05) is 19.8 Å². The van der Waals surface area contributed by atoms with Crippen molar-refractivity contribution in [3.8, 4) is 0 Å². The maximum atomic E-state index is 14.1. The van der Waals surface area contributed by atoms with Crippen LogP contribution in [0.25, 0.3) is 5.57 Å². The Hall–Kier alpha value is -3.95. The molecular formula is C30H31F3N4O3. The molecule has 2 heterocycles. The van der Waals surface area contributed by atoms with Gasteiger partial charge in [-0.2, -0.15) is 13.2 Å². The van der Waals surface area contributed by atoms with Crippen LogP contribution in [0.3, 0.4) is 0 Å². The van der Waals surface area contributed by atoms with Crippen LogP contribution in [0.1, 0.15) is 53.1 Å². The molecule has 1 spiro atoms. The van der Waals surface area contributed by atoms with E-state index in [0.717, 1.165) is 37.6 Å². The van der Waals surface area contributed by atoms with Crippen LogP contribution in [0.4, 0.5) is 18.0 Å². The fraction of sp³-hybridized carbons (Fsp3) is 0.400. The van der Waals surface area contributed by atoms with Crippen molar-refractivity contribution in [2.45, 2.75) is 63.8 Å². The summed E-state index contributed by atoms with van der Waals surface area (Å²) < 4.78 is 42.3. The Morgan fingerprint density at radius 1 is 1.12 bits per heavy atom. The molecule has 10 heteroatoms. The number of nitrogens with one attached hydrogen (secondary N) is 1. The van der Waals surface area contributed by atoms with Crippen LogP contribution < -0.4 is 5.32 Å². The van der Waals surface area contributed by atoms with E-state index in [0.29, 0.717) is 24.0 Å². The third-order valence-corrected chi connectivity index (χ3v) is 8.18. The minimum Gasteiger partial charge on any atom is -0.325 e. The number of fused-ring (bicyclic) bond motifs is 3. The SMILES string of the molecule is C/C=C(\C=N/C)c1ccc2c(c1)CC[C@@]21NC(=O)N(CC(=O)N2Cc3ccc(C)cc3CC[C@H]2C(F)(F)F)C1=O. The zero-order valence-electron chi connectivity index (χ0n) is 22.6. The first kappa shape index (κ1) is 27.6. The van der Waals surface area contributed by atoms with Crippen molar-refractivity contribution < 1.29 is 27.6 Å². The maximum Gasteiger partial charge on any atom is 0.408 e. The third kappa shape index (κ3) is 4.69. The molecule has 0 bridgehead atoms. The summed E-state index contributed by atoms with van der Waals surface area (Å²) in [6.45, 7) is 2.76. The number of halogens is 3. The number of hydrogen-bond donors (Lipinski definition) is 1. The van der Waals surface area contributed by atoms with Crippen molar-refractivity contribution in [3.63, 3.8) is 0 Å². The van der Waals surface area contributed by atoms with E-state index in [9.17, 15) is 27.6 Å². The summed E-state index contributed by atoms with van der Waals surface area (Å²) in [6, 6.07) is 8.18. The van der Waals surface area contributed by atoms with E-state index >= 15 is 0 Å². The van der Waals surface area contributed by atoms with Gasteiger partial charge in [-0.1, -0.05) is 48.0 Å². The van der Waals surface area contributed by atoms with Crippen molar-refractivity contribution in [1.29, 1.82) is 0 Å². The Balaban J connectivity index is 1.41. The van der Waals surface area contributed by atoms with Crippen molar-refractivity contribution >= 4 is 29.6 Å². The quantitative estimate of drug-likeness (QED) is 0.441. The van der Waals surface area contributed by atoms with Gasteiger partial charge in [0.05, 0.1) is 0 Å². The van der Waals surface area contributed by atoms with Crippen molar-refractivity contribution in [1.82, 2.24) is 15.1 Å². The second-order valence-electron chi connectivity index (χ2n) is 10.6. The molecule has 1 aliphatic carbocycles. The highest BCUT2D eigenvalue weighted by Crippen LogP contribution is 2.42. The Labute approximate surface area is 230 Å². The number of carbonyl (C=O) groups excluding carboxylic acids is 3. The number of alkyl halides is 3. The second kappa shape index (κ2) is 10.2. The van der Waals surface area contributed by atoms with E-state index in [1.165, 1.54) is 0 Å². The molecular weight excluding hydrogens is 521 g/mol. The number of amides is 4. The molecule has 0 unspecified atom stereocenters. The normalized spacial score (nSPS) is 23.1. The summed E-state index contributed by atoms with van der Waals surface area (Å²) in [5.74, 6) is -1.53. The molecule has 2 aromatic carbocycles. The van der Waals surface area contributed by atoms with E-state index in [1.54, 1.807) is 31.5 Å². The number of aliphatic imine (C=N–C) groups is 1. The molecule has 2 aromatic rings. The zero-order chi connectivity index (χ0) is 28.8. The van der Waals surface area contributed by atoms with Crippen LogP contribution in [-0.4, -0.2) is 59.7 Å². The number of imide groups is 1. The van der Waals surface area contributed by atoms with Gasteiger partial charge in [-0.05, 0) is 72.9 Å². The van der Waals surface area contributed by atoms with E-state index in [4.69, 9.17) is 0 Å². The van der Waals surface area contributed by atoms with Gasteiger partial charge < -0.3 is 10.2 Å². The van der Waals surface area contributed by atoms with Crippen LogP contribution in [0, 0.1) is 6.92 Å². The number of nitrogens with zero attached hydrogens (tertiary/aromatic N) is 3. The van der Waals surface area contributed by atoms with Gasteiger partial charge in [-0.3, -0.25) is 19.5 Å². The van der Waals surface area contributed by atoms with Crippen LogP contribution >= 0.6 is 0 Å². The molecule has 0 saturated carbocycles. The lowest BCUT2D eigenvalue weighted by atomic mass is 9.90. The van der Waals surface area contributed by atoms with Crippen LogP contribution in [0.2, 0.25) is 0 Å². The van der Waals surface area contributed by atoms with Crippen molar-refractivity contribution in [3.05, 3.63) is 75.9 Å². The van der Waals surface area contributed by atoms with Gasteiger partial charge >= 0.3 is 12.2 Å². The highest BCUT2D eigenvalue weighted by Gasteiger charge is 2.56. The van der Waals surface area contributed by atoms with E-state index in [1.807, 2.05) is 38.1 Å². The fourth-order valence-corrected chi connectivity index (χ4v) is 6.14. The number of allylic oxidation sites excluding steroid dienone is 2. The van der Waals surface area contributed by atoms with Crippen molar-refractivity contribution in [2.24, 2.45) is 4.99 Å². The summed E-state index contributed by atoms with van der Waals surface area (Å²) in [7, 11) is 1.68. The topological polar surface area (TPSA) is 82.1 Å². The summed E-state index contributed by atoms with van der Waals surface area (Å²) in [4.78, 5) is 45.8. The molecule has 1 saturated heterocycles. The standard InChI is InChI=1S/C30H31F3N4O3/c1-4-19(15-34-3)21-7-9-24-22(14-21)11-12-29(24)27(39)37(28(40)35-29)17-26(38)36-16-23-6-5-18(2)13-20(23)8-10-25(36)30(31,32)33/h4-7,9,13-15,25H,8,10-12,16-17H2,1-3H3,(H,35,40)/b19-4+,34-15-/t25-,29+/m0/s1. The maximum absolute atomic E-state index is 14.1. The molecule has 0 aromatic heterocycles. The minimum atomic E-state index is -4.65. The molecule has 0 radical (unpaired) electrons. The zero-order valence-corrected chi connectivity index (χ0v) is 22.6. The highest BCUT2D eigenvalue weighted by molar-refractivity contribution is 6.11. The van der Waals surface area contributed by atoms with Gasteiger partial charge in [-0.25, -0.2) is 4.79 Å². The molecule has 7 nitrogen and oxygen atoms in total. The van der Waals surface area contributed by atoms with E-state index in [-0.39, 0.29) is 19.4 Å². The summed E-state index contributed by atoms with van der Waals surface area (Å²) in [5.41, 5.74) is 4.35. The first-order valence-corrected chi connectivity index (χ1v) is 13.3. The number of benzene rings is 2. The molecule has 40 heavy (non-hydrogen) atoms. The number of aryl methyl sites for hydroxylation is 3. The van der Waals surface area contributed by atoms with Crippen LogP contribution in [-0.2, 0) is 34.5 Å². The Morgan fingerprint density at radius 3 is 2.60 bits per heavy atom. The van der Waals surface area contributed by atoms with Gasteiger partial charge in [0.15, 0.2) is 0 Å². The molecule has 3 aliphatic rings. The molecule has 1 fully saturated rings. The first-order chi connectivity index (χ1) is 19.0. The Kier molecular flexibility index (Phi) is 7.06. The highest BCUT2D eigenvalue weighted by atomic mass is 19.4. The molecule has 4 amide bonds. The van der Waals surface area contributed by atoms with Gasteiger partial charge in [0.2, 0.25) is 5.91 Å². The number of hydrogen-bond acceptors (Lipinski definition) is 4. The van der Waals surface area contributed by atoms with E-state index in [2.05, 4.69) is 10.3 Å². The minimum absolute atomic E-state index is 0.176. The second-order valence-corrected chi connectivity index (χ2v) is 10.6. The smallest absolute Gasteiger partial charge is 0.325 e.